The van der Waals surface area contributed by atoms with Crippen molar-refractivity contribution in [2.75, 3.05) is 72.0 Å². The van der Waals surface area contributed by atoms with Gasteiger partial charge in [-0.3, -0.25) is 48.9 Å². The Morgan fingerprint density at radius 1 is 0.698 bits per heavy atom. The molecule has 1 aromatic carbocycles. The van der Waals surface area contributed by atoms with E-state index in [9.17, 15) is 42.5 Å². The number of rotatable bonds is 10. The van der Waals surface area contributed by atoms with Crippen LogP contribution in [0.2, 0.25) is 0 Å². The summed E-state index contributed by atoms with van der Waals surface area (Å²) in [4.78, 5) is 69.0. The van der Waals surface area contributed by atoms with Crippen LogP contribution in [0.15, 0.2) is 18.2 Å². The van der Waals surface area contributed by atoms with E-state index in [-0.39, 0.29) is 72.0 Å². The molecule has 300 valence electrons. The molecule has 0 aliphatic carbocycles. The maximum atomic E-state index is 14.4. The number of halogens is 3. The van der Waals surface area contributed by atoms with Crippen LogP contribution in [0.3, 0.4) is 0 Å². The van der Waals surface area contributed by atoms with Crippen LogP contribution in [0.25, 0.3) is 0 Å². The van der Waals surface area contributed by atoms with Crippen molar-refractivity contribution >= 4 is 29.5 Å². The van der Waals surface area contributed by atoms with E-state index in [0.29, 0.717) is 6.07 Å². The smallest absolute Gasteiger partial charge is 0.417 e. The summed E-state index contributed by atoms with van der Waals surface area (Å²) in [7, 11) is 0. The Morgan fingerprint density at radius 3 is 1.32 bits per heavy atom. The lowest BCUT2D eigenvalue weighted by Crippen LogP contribution is -2.51. The lowest BCUT2D eigenvalue weighted by molar-refractivity contribution is -0.385. The normalized spacial score (nSPS) is 17.6. The number of non-ortho nitro benzene ring substituents is 1. The van der Waals surface area contributed by atoms with Gasteiger partial charge in [0.15, 0.2) is 0 Å². The molecule has 0 radical (unpaired) electrons. The molecule has 2 N–H and O–H groups in total. The summed E-state index contributed by atoms with van der Waals surface area (Å²) in [6.45, 7) is 15.6. The minimum atomic E-state index is -5.08. The summed E-state index contributed by atoms with van der Waals surface area (Å²) in [6, 6.07) is 0.411. The maximum absolute atomic E-state index is 14.4. The number of primary amides is 1. The molecule has 2 rings (SSSR count). The first-order chi connectivity index (χ1) is 24.1. The molecular weight excluding hydrogens is 705 g/mol. The van der Waals surface area contributed by atoms with Gasteiger partial charge in [0.1, 0.15) is 22.8 Å². The van der Waals surface area contributed by atoms with Gasteiger partial charge < -0.3 is 19.9 Å². The second kappa shape index (κ2) is 18.4. The average molecular weight is 761 g/mol. The molecule has 1 aliphatic heterocycles. The van der Waals surface area contributed by atoms with Crippen LogP contribution < -0.4 is 5.73 Å². The van der Waals surface area contributed by atoms with Gasteiger partial charge in [-0.2, -0.15) is 13.2 Å². The Bertz CT molecular complexity index is 1410. The van der Waals surface area contributed by atoms with Crippen molar-refractivity contribution in [1.82, 2.24) is 19.6 Å². The number of hydrogen-bond donors (Lipinski definition) is 1. The molecule has 1 unspecified atom stereocenters. The fourth-order valence-corrected chi connectivity index (χ4v) is 5.63. The minimum Gasteiger partial charge on any atom is -0.459 e. The van der Waals surface area contributed by atoms with Crippen LogP contribution in [0, 0.1) is 10.1 Å². The van der Waals surface area contributed by atoms with E-state index in [1.807, 2.05) is 4.90 Å². The van der Waals surface area contributed by atoms with E-state index in [1.54, 1.807) is 72.1 Å². The van der Waals surface area contributed by atoms with Gasteiger partial charge in [0.2, 0.25) is 5.91 Å². The molecular formula is C35H55F3N6O9. The fraction of sp³-hybridized carbons (Fsp3) is 0.714. The average Bonchev–Trinajstić information content (AvgIpc) is 2.94. The lowest BCUT2D eigenvalue weighted by Gasteiger charge is -2.37. The standard InChI is InChI=1S/C35H55F3N6O9/c1-32(2,3)51-27(45)21-40-12-14-41(22-28(46)52-33(4,5)6)16-18-43(19-17-42(15-13-40)23-29(47)53-34(7,8)9)30(31(39)48)25-11-10-24(44(49)50)20-26(25)35(36,37)38/h10-11,20,30H,12-19,21-23H2,1-9H3,(H2,39,48). The van der Waals surface area contributed by atoms with E-state index >= 15 is 0 Å². The van der Waals surface area contributed by atoms with Crippen LogP contribution in [-0.4, -0.2) is 137 Å². The summed E-state index contributed by atoms with van der Waals surface area (Å²) in [5.41, 5.74) is 0.642. The first-order valence-electron chi connectivity index (χ1n) is 17.3. The summed E-state index contributed by atoms with van der Waals surface area (Å²) in [6.07, 6.45) is -5.08. The molecule has 18 heteroatoms. The summed E-state index contributed by atoms with van der Waals surface area (Å²) in [5, 5.41) is 11.4. The van der Waals surface area contributed by atoms with Crippen molar-refractivity contribution in [3.8, 4) is 0 Å². The number of benzene rings is 1. The number of nitrogens with zero attached hydrogens (tertiary/aromatic N) is 5. The van der Waals surface area contributed by atoms with Crippen molar-refractivity contribution in [3.63, 3.8) is 0 Å². The first kappa shape index (κ1) is 45.3. The highest BCUT2D eigenvalue weighted by molar-refractivity contribution is 5.82. The molecule has 1 aliphatic rings. The Labute approximate surface area is 309 Å². The zero-order chi connectivity index (χ0) is 40.5. The highest BCUT2D eigenvalue weighted by atomic mass is 19.4. The number of carbonyl (C=O) groups is 4. The number of nitro benzene ring substituents is 1. The largest absolute Gasteiger partial charge is 0.459 e. The molecule has 53 heavy (non-hydrogen) atoms. The van der Waals surface area contributed by atoms with Crippen molar-refractivity contribution in [2.45, 2.75) is 91.3 Å². The Balaban J connectivity index is 2.62. The first-order valence-corrected chi connectivity index (χ1v) is 17.3. The topological polar surface area (TPSA) is 178 Å². The van der Waals surface area contributed by atoms with E-state index in [2.05, 4.69) is 0 Å². The number of alkyl halides is 3. The number of nitro groups is 1. The van der Waals surface area contributed by atoms with E-state index in [1.165, 1.54) is 4.90 Å². The summed E-state index contributed by atoms with van der Waals surface area (Å²) < 4.78 is 59.8. The molecule has 0 spiro atoms. The van der Waals surface area contributed by atoms with Crippen molar-refractivity contribution in [3.05, 3.63) is 39.4 Å². The van der Waals surface area contributed by atoms with Gasteiger partial charge in [0, 0.05) is 64.5 Å². The Morgan fingerprint density at radius 2 is 1.04 bits per heavy atom. The molecule has 1 saturated heterocycles. The monoisotopic (exact) mass is 760 g/mol. The lowest BCUT2D eigenvalue weighted by atomic mass is 9.97. The van der Waals surface area contributed by atoms with Crippen molar-refractivity contribution in [1.29, 1.82) is 0 Å². The molecule has 0 saturated carbocycles. The highest BCUT2D eigenvalue weighted by Crippen LogP contribution is 2.38. The second-order valence-electron chi connectivity index (χ2n) is 16.0. The van der Waals surface area contributed by atoms with Crippen LogP contribution in [0.1, 0.15) is 79.5 Å². The number of hydrogen-bond acceptors (Lipinski definition) is 13. The third kappa shape index (κ3) is 16.8. The van der Waals surface area contributed by atoms with E-state index < -0.39 is 74.6 Å². The predicted molar refractivity (Wildman–Crippen MR) is 188 cm³/mol. The summed E-state index contributed by atoms with van der Waals surface area (Å²) in [5.74, 6) is -2.77. The number of ether oxygens (including phenoxy) is 3. The number of amides is 1. The van der Waals surface area contributed by atoms with E-state index in [0.717, 1.165) is 12.1 Å². The molecule has 1 atom stereocenters. The SMILES string of the molecule is CC(C)(C)OC(=O)CN1CCN(CC(=O)OC(C)(C)C)CCN(C(C(N)=O)c2ccc([N+](=O)[O-])cc2C(F)(F)F)CCN(CC(=O)OC(C)(C)C)CC1. The van der Waals surface area contributed by atoms with Gasteiger partial charge in [0.05, 0.1) is 30.1 Å². The fourth-order valence-electron chi connectivity index (χ4n) is 5.63. The molecule has 1 heterocycles. The number of esters is 3. The third-order valence-corrected chi connectivity index (χ3v) is 7.67. The quantitative estimate of drug-likeness (QED) is 0.159. The predicted octanol–water partition coefficient (Wildman–Crippen LogP) is 3.39. The van der Waals surface area contributed by atoms with Gasteiger partial charge in [0.25, 0.3) is 5.69 Å². The van der Waals surface area contributed by atoms with Gasteiger partial charge in [-0.25, -0.2) is 0 Å². The Hall–Kier alpha value is -3.87. The van der Waals surface area contributed by atoms with Crippen LogP contribution in [0.5, 0.6) is 0 Å². The van der Waals surface area contributed by atoms with Crippen molar-refractivity contribution in [2.24, 2.45) is 5.73 Å². The van der Waals surface area contributed by atoms with Gasteiger partial charge >= 0.3 is 24.1 Å². The van der Waals surface area contributed by atoms with Gasteiger partial charge in [-0.15, -0.1) is 0 Å². The minimum absolute atomic E-state index is 0.0314. The molecule has 0 bridgehead atoms. The zero-order valence-electron chi connectivity index (χ0n) is 32.2. The van der Waals surface area contributed by atoms with Gasteiger partial charge in [-0.1, -0.05) is 0 Å². The second-order valence-corrected chi connectivity index (χ2v) is 16.0. The van der Waals surface area contributed by atoms with Gasteiger partial charge in [-0.05, 0) is 73.9 Å². The maximum Gasteiger partial charge on any atom is 0.417 e. The molecule has 1 fully saturated rings. The molecule has 1 aromatic rings. The molecule has 0 aromatic heterocycles. The molecule has 15 nitrogen and oxygen atoms in total. The van der Waals surface area contributed by atoms with E-state index in [4.69, 9.17) is 19.9 Å². The summed E-state index contributed by atoms with van der Waals surface area (Å²) >= 11 is 0. The number of nitrogens with two attached hydrogens (primary N) is 1. The number of carbonyl (C=O) groups excluding carboxylic acids is 4. The highest BCUT2D eigenvalue weighted by Gasteiger charge is 2.40. The zero-order valence-corrected chi connectivity index (χ0v) is 32.2. The molecule has 1 amide bonds. The van der Waals surface area contributed by atoms with Crippen LogP contribution >= 0.6 is 0 Å². The van der Waals surface area contributed by atoms with Crippen LogP contribution in [0.4, 0.5) is 18.9 Å². The van der Waals surface area contributed by atoms with Crippen molar-refractivity contribution < 1.29 is 51.5 Å². The van der Waals surface area contributed by atoms with Crippen LogP contribution in [-0.2, 0) is 39.6 Å². The third-order valence-electron chi connectivity index (χ3n) is 7.67. The Kier molecular flexibility index (Phi) is 15.8.